The van der Waals surface area contributed by atoms with Gasteiger partial charge in [0.25, 0.3) is 0 Å². The van der Waals surface area contributed by atoms with E-state index in [0.29, 0.717) is 0 Å². The van der Waals surface area contributed by atoms with E-state index < -0.39 is 16.2 Å². The van der Waals surface area contributed by atoms with Gasteiger partial charge < -0.3 is 13.7 Å². The average molecular weight is 1220 g/mol. The monoisotopic (exact) mass is 1220 g/mol. The van der Waals surface area contributed by atoms with Gasteiger partial charge in [0.2, 0.25) is 0 Å². The van der Waals surface area contributed by atoms with Crippen LogP contribution >= 0.6 is 0 Å². The first-order valence-corrected chi connectivity index (χ1v) is 33.3. The molecule has 448 valence electrons. The van der Waals surface area contributed by atoms with Crippen LogP contribution in [0, 0.1) is 0 Å². The summed E-state index contributed by atoms with van der Waals surface area (Å²) >= 11 is 0. The highest BCUT2D eigenvalue weighted by Crippen LogP contribution is 2.69. The Bertz CT molecular complexity index is 5800. The van der Waals surface area contributed by atoms with E-state index in [1.807, 2.05) is 0 Å². The first-order valence-electron chi connectivity index (χ1n) is 33.3. The summed E-state index contributed by atoms with van der Waals surface area (Å²) in [6, 6.07) is 133. The summed E-state index contributed by atoms with van der Waals surface area (Å²) in [5.74, 6) is 0. The van der Waals surface area contributed by atoms with Crippen LogP contribution in [-0.2, 0) is 16.2 Å². The Labute approximate surface area is 556 Å². The average Bonchev–Trinajstić information content (AvgIpc) is 1.42. The van der Waals surface area contributed by atoms with Crippen LogP contribution in [0.2, 0.25) is 0 Å². The van der Waals surface area contributed by atoms with E-state index in [4.69, 9.17) is 8.83 Å². The van der Waals surface area contributed by atoms with E-state index >= 15 is 0 Å². The second-order valence-corrected chi connectivity index (χ2v) is 25.9. The van der Waals surface area contributed by atoms with E-state index in [0.717, 1.165) is 77.6 Å². The van der Waals surface area contributed by atoms with Gasteiger partial charge in [-0.05, 0) is 155 Å². The van der Waals surface area contributed by atoms with Crippen LogP contribution < -0.4 is 4.90 Å². The molecule has 3 heteroatoms. The van der Waals surface area contributed by atoms with Gasteiger partial charge in [0, 0.05) is 49.7 Å². The summed E-state index contributed by atoms with van der Waals surface area (Å²) in [6.07, 6.45) is 0. The Morgan fingerprint density at radius 3 is 1.10 bits per heavy atom. The molecule has 20 rings (SSSR count). The molecule has 0 saturated heterocycles. The van der Waals surface area contributed by atoms with Crippen molar-refractivity contribution in [3.8, 4) is 44.5 Å². The second-order valence-electron chi connectivity index (χ2n) is 25.9. The minimum Gasteiger partial charge on any atom is -0.455 e. The van der Waals surface area contributed by atoms with Crippen molar-refractivity contribution in [2.75, 3.05) is 4.90 Å². The lowest BCUT2D eigenvalue weighted by Gasteiger charge is -2.41. The van der Waals surface area contributed by atoms with Crippen LogP contribution in [0.5, 0.6) is 0 Å². The molecule has 0 bridgehead atoms. The number of nitrogens with zero attached hydrogens (tertiary/aromatic N) is 1. The molecule has 3 nitrogen and oxygen atoms in total. The maximum atomic E-state index is 7.51. The first-order chi connectivity index (χ1) is 47.7. The zero-order valence-corrected chi connectivity index (χ0v) is 52.3. The second kappa shape index (κ2) is 20.9. The zero-order chi connectivity index (χ0) is 63.1. The minimum absolute atomic E-state index is 0.780. The lowest BCUT2D eigenvalue weighted by atomic mass is 9.60. The third-order valence-corrected chi connectivity index (χ3v) is 21.4. The summed E-state index contributed by atoms with van der Waals surface area (Å²) in [6.45, 7) is 0. The Balaban J connectivity index is 0.919. The van der Waals surface area contributed by atoms with Crippen molar-refractivity contribution >= 4 is 60.9 Å². The SMILES string of the molecule is c1ccc(-c2cc3c(c4c2oc2ccccc24)-c2ccc(N(c4ccccc4)c4ccc5c(c4)C(c4ccccc4)(c4ccccc4)c4c6c(c7oc8ccccc8c7c4-5)-c4ccccc4C6(c4ccccc4)c4ccccc4)cc2C3(c2ccccc2)c2ccccc2)cc1. The smallest absolute Gasteiger partial charge is 0.144 e. The Kier molecular flexibility index (Phi) is 11.8. The molecule has 0 radical (unpaired) electrons. The third-order valence-electron chi connectivity index (χ3n) is 21.4. The quantitative estimate of drug-likeness (QED) is 0.137. The molecule has 0 atom stereocenters. The molecule has 0 aliphatic heterocycles. The van der Waals surface area contributed by atoms with Gasteiger partial charge in [-0.2, -0.15) is 0 Å². The molecule has 0 fully saturated rings. The largest absolute Gasteiger partial charge is 0.455 e. The number of furan rings is 2. The maximum Gasteiger partial charge on any atom is 0.144 e. The minimum atomic E-state index is -0.913. The predicted octanol–water partition coefficient (Wildman–Crippen LogP) is 23.7. The number of benzene rings is 15. The fraction of sp³-hybridized carbons (Fsp3) is 0.0323. The van der Waals surface area contributed by atoms with Crippen molar-refractivity contribution in [2.45, 2.75) is 16.2 Å². The van der Waals surface area contributed by atoms with Crippen molar-refractivity contribution in [2.24, 2.45) is 0 Å². The molecule has 0 N–H and O–H groups in total. The lowest BCUT2D eigenvalue weighted by molar-refractivity contribution is 0.666. The van der Waals surface area contributed by atoms with Gasteiger partial charge in [0.1, 0.15) is 22.3 Å². The molecule has 2 heterocycles. The molecular formula is C93H59NO2. The van der Waals surface area contributed by atoms with Crippen LogP contribution in [0.25, 0.3) is 88.4 Å². The van der Waals surface area contributed by atoms with Crippen LogP contribution in [0.4, 0.5) is 17.1 Å². The fourth-order valence-corrected chi connectivity index (χ4v) is 17.9. The van der Waals surface area contributed by atoms with Crippen molar-refractivity contribution < 1.29 is 8.83 Å². The molecule has 3 aliphatic rings. The highest BCUT2D eigenvalue weighted by atomic mass is 16.3. The van der Waals surface area contributed by atoms with E-state index in [1.165, 1.54) is 94.6 Å². The number of anilines is 3. The Morgan fingerprint density at radius 1 is 0.229 bits per heavy atom. The fourth-order valence-electron chi connectivity index (χ4n) is 17.9. The van der Waals surface area contributed by atoms with Gasteiger partial charge in [-0.25, -0.2) is 0 Å². The number of rotatable bonds is 10. The summed E-state index contributed by atoms with van der Waals surface area (Å²) in [7, 11) is 0. The van der Waals surface area contributed by atoms with Gasteiger partial charge in [-0.3, -0.25) is 0 Å². The van der Waals surface area contributed by atoms with Gasteiger partial charge in [0.15, 0.2) is 0 Å². The van der Waals surface area contributed by atoms with Crippen LogP contribution in [0.3, 0.4) is 0 Å². The number of para-hydroxylation sites is 3. The number of fused-ring (bicyclic) bond motifs is 19. The van der Waals surface area contributed by atoms with E-state index in [1.54, 1.807) is 0 Å². The zero-order valence-electron chi connectivity index (χ0n) is 52.3. The summed E-state index contributed by atoms with van der Waals surface area (Å²) < 4.78 is 14.6. The standard InChI is InChI=1S/C93H59NO2/c1-9-31-60(32-10-1)75-59-79-82(84-73-48-26-29-51-80(73)95-89(75)84)71-55-53-68(57-77(71)91(79,61-33-11-2-12-34-61)62-35-13-3-14-36-62)94(67-45-23-8-24-46-67)69-54-56-72-78(58-69)93(65-41-19-6-20-42-65,66-43-21-7-22-44-66)87-83(72)85-74-49-27-30-52-81(74)96-90(85)86-70-47-25-28-50-76(70)92(88(86)87,63-37-15-4-16-38-63)64-39-17-5-18-40-64/h1-59H. The molecule has 2 aromatic heterocycles. The van der Waals surface area contributed by atoms with Crippen molar-refractivity contribution in [3.63, 3.8) is 0 Å². The van der Waals surface area contributed by atoms with Gasteiger partial charge in [-0.15, -0.1) is 0 Å². The number of hydrogen-bond donors (Lipinski definition) is 0. The molecule has 0 spiro atoms. The highest BCUT2D eigenvalue weighted by molar-refractivity contribution is 6.23. The van der Waals surface area contributed by atoms with E-state index in [9.17, 15) is 0 Å². The topological polar surface area (TPSA) is 29.5 Å². The molecule has 15 aromatic carbocycles. The van der Waals surface area contributed by atoms with Crippen molar-refractivity contribution in [3.05, 3.63) is 425 Å². The number of hydrogen-bond acceptors (Lipinski definition) is 3. The third kappa shape index (κ3) is 7.26. The normalized spacial score (nSPS) is 14.1. The van der Waals surface area contributed by atoms with E-state index in [-0.39, 0.29) is 0 Å². The van der Waals surface area contributed by atoms with Crippen molar-refractivity contribution in [1.29, 1.82) is 0 Å². The molecule has 3 aliphatic carbocycles. The maximum absolute atomic E-state index is 7.51. The first kappa shape index (κ1) is 54.3. The van der Waals surface area contributed by atoms with E-state index in [2.05, 4.69) is 363 Å². The molecule has 0 saturated carbocycles. The van der Waals surface area contributed by atoms with Crippen LogP contribution in [0.15, 0.2) is 367 Å². The lowest BCUT2D eigenvalue weighted by Crippen LogP contribution is -2.35. The Hall–Kier alpha value is -12.3. The summed E-state index contributed by atoms with van der Waals surface area (Å²) in [4.78, 5) is 2.51. The van der Waals surface area contributed by atoms with Crippen LogP contribution in [0.1, 0.15) is 66.8 Å². The van der Waals surface area contributed by atoms with Crippen molar-refractivity contribution in [1.82, 2.24) is 0 Å². The predicted molar refractivity (Wildman–Crippen MR) is 393 cm³/mol. The summed E-state index contributed by atoms with van der Waals surface area (Å²) in [5, 5.41) is 4.44. The summed E-state index contributed by atoms with van der Waals surface area (Å²) in [5.41, 5.74) is 27.8. The molecule has 0 unspecified atom stereocenters. The highest BCUT2D eigenvalue weighted by Gasteiger charge is 2.58. The Morgan fingerprint density at radius 2 is 0.594 bits per heavy atom. The van der Waals surface area contributed by atoms with Gasteiger partial charge >= 0.3 is 0 Å². The van der Waals surface area contributed by atoms with Gasteiger partial charge in [-0.1, -0.05) is 303 Å². The molecular weight excluding hydrogens is 1160 g/mol. The van der Waals surface area contributed by atoms with Crippen LogP contribution in [-0.4, -0.2) is 0 Å². The van der Waals surface area contributed by atoms with Gasteiger partial charge in [0.05, 0.1) is 16.2 Å². The molecule has 17 aromatic rings. The molecule has 0 amide bonds. The molecule has 96 heavy (non-hydrogen) atoms.